The van der Waals surface area contributed by atoms with Gasteiger partial charge in [-0.15, -0.1) is 26.8 Å². The molecule has 3 N–H and O–H groups in total. The molecule has 0 fully saturated rings. The van der Waals surface area contributed by atoms with Crippen molar-refractivity contribution in [3.8, 4) is 11.4 Å². The number of aromatic hydroxyl groups is 1. The number of urea groups is 1. The molecule has 0 spiro atoms. The Morgan fingerprint density at radius 1 is 0.872 bits per heavy atom. The van der Waals surface area contributed by atoms with Crippen LogP contribution in [-0.4, -0.2) is 31.9 Å². The maximum Gasteiger partial charge on any atom is 0.323 e. The van der Waals surface area contributed by atoms with Crippen LogP contribution in [0.25, 0.3) is 16.7 Å². The van der Waals surface area contributed by atoms with Gasteiger partial charge in [0.2, 0.25) is 0 Å². The Bertz CT molecular complexity index is 1590. The minimum absolute atomic E-state index is 0.211. The van der Waals surface area contributed by atoms with Gasteiger partial charge in [-0.05, 0) is 91.4 Å². The van der Waals surface area contributed by atoms with Crippen molar-refractivity contribution in [2.24, 2.45) is 0 Å². The normalized spacial score (nSPS) is 11.0. The van der Waals surface area contributed by atoms with Gasteiger partial charge < -0.3 is 15.7 Å². The molecule has 0 bridgehead atoms. The third-order valence-electron chi connectivity index (χ3n) is 5.90. The van der Waals surface area contributed by atoms with Crippen molar-refractivity contribution in [1.82, 2.24) is 15.0 Å². The van der Waals surface area contributed by atoms with Crippen LogP contribution in [0.3, 0.4) is 0 Å². The second-order valence-electron chi connectivity index (χ2n) is 9.04. The number of amides is 2. The molecule has 0 unspecified atom stereocenters. The first-order valence-electron chi connectivity index (χ1n) is 12.7. The zero-order valence-electron chi connectivity index (χ0n) is 21.7. The SMILES string of the molecule is CCCCSc1cc(C)cc(-n2nc3ccc(Sc4ccc(NC(=O)Nc5ccccc5)cc4)cc3n2)c1O. The number of benzene rings is 4. The molecule has 0 saturated carbocycles. The number of carbonyl (C=O) groups is 1. The fourth-order valence-electron chi connectivity index (χ4n) is 3.94. The van der Waals surface area contributed by atoms with Gasteiger partial charge in [0.1, 0.15) is 16.7 Å². The van der Waals surface area contributed by atoms with Crippen molar-refractivity contribution >= 4 is 52.0 Å². The number of thioether (sulfide) groups is 1. The third-order valence-corrected chi connectivity index (χ3v) is 8.01. The predicted molar refractivity (Wildman–Crippen MR) is 161 cm³/mol. The first-order valence-corrected chi connectivity index (χ1v) is 14.5. The second-order valence-corrected chi connectivity index (χ2v) is 11.3. The molecule has 4 aromatic carbocycles. The van der Waals surface area contributed by atoms with Crippen molar-refractivity contribution in [1.29, 1.82) is 0 Å². The molecule has 7 nitrogen and oxygen atoms in total. The molecule has 0 atom stereocenters. The number of carbonyl (C=O) groups excluding carboxylic acids is 1. The fourth-order valence-corrected chi connectivity index (χ4v) is 5.95. The monoisotopic (exact) mass is 555 g/mol. The Kier molecular flexibility index (Phi) is 8.39. The van der Waals surface area contributed by atoms with Gasteiger partial charge in [-0.3, -0.25) is 0 Å². The Balaban J connectivity index is 1.28. The summed E-state index contributed by atoms with van der Waals surface area (Å²) in [7, 11) is 0. The van der Waals surface area contributed by atoms with Crippen LogP contribution in [0.2, 0.25) is 0 Å². The van der Waals surface area contributed by atoms with Crippen LogP contribution in [0.5, 0.6) is 5.75 Å². The largest absolute Gasteiger partial charge is 0.505 e. The summed E-state index contributed by atoms with van der Waals surface area (Å²) in [4.78, 5) is 16.7. The molecule has 0 aliphatic rings. The Labute approximate surface area is 236 Å². The van der Waals surface area contributed by atoms with E-state index in [0.717, 1.165) is 55.6 Å². The summed E-state index contributed by atoms with van der Waals surface area (Å²) in [6.45, 7) is 4.18. The molecular weight excluding hydrogens is 526 g/mol. The van der Waals surface area contributed by atoms with Gasteiger partial charge in [0.05, 0.1) is 4.90 Å². The first kappa shape index (κ1) is 26.6. The number of nitrogens with zero attached hydrogens (tertiary/aromatic N) is 3. The van der Waals surface area contributed by atoms with Crippen molar-refractivity contribution < 1.29 is 9.90 Å². The lowest BCUT2D eigenvalue weighted by Gasteiger charge is -2.10. The highest BCUT2D eigenvalue weighted by molar-refractivity contribution is 7.99. The summed E-state index contributed by atoms with van der Waals surface area (Å²) in [5.74, 6) is 1.17. The molecule has 0 radical (unpaired) electrons. The number of fused-ring (bicyclic) bond motifs is 1. The number of para-hydroxylation sites is 1. The van der Waals surface area contributed by atoms with E-state index in [1.54, 1.807) is 23.5 Å². The molecule has 1 aromatic heterocycles. The lowest BCUT2D eigenvalue weighted by atomic mass is 10.2. The summed E-state index contributed by atoms with van der Waals surface area (Å²) < 4.78 is 0. The zero-order valence-corrected chi connectivity index (χ0v) is 23.4. The first-order chi connectivity index (χ1) is 19.0. The maximum absolute atomic E-state index is 12.2. The van der Waals surface area contributed by atoms with Gasteiger partial charge in [-0.25, -0.2) is 4.79 Å². The van der Waals surface area contributed by atoms with Gasteiger partial charge in [0.25, 0.3) is 0 Å². The molecule has 198 valence electrons. The number of rotatable bonds is 9. The zero-order chi connectivity index (χ0) is 27.2. The molecule has 5 aromatic rings. The summed E-state index contributed by atoms with van der Waals surface area (Å²) in [6.07, 6.45) is 2.21. The number of unbranched alkanes of at least 4 members (excludes halogenated alkanes) is 1. The number of phenols is 1. The third kappa shape index (κ3) is 6.74. The van der Waals surface area contributed by atoms with E-state index in [2.05, 4.69) is 27.8 Å². The Morgan fingerprint density at radius 3 is 2.31 bits per heavy atom. The van der Waals surface area contributed by atoms with Crippen LogP contribution in [0.15, 0.2) is 99.6 Å². The van der Waals surface area contributed by atoms with Gasteiger partial charge >= 0.3 is 6.03 Å². The summed E-state index contributed by atoms with van der Waals surface area (Å²) in [5.41, 5.74) is 4.57. The van der Waals surface area contributed by atoms with Gasteiger partial charge in [0, 0.05) is 21.2 Å². The minimum Gasteiger partial charge on any atom is -0.505 e. The number of aryl methyl sites for hydroxylation is 1. The van der Waals surface area contributed by atoms with Crippen molar-refractivity contribution in [2.75, 3.05) is 16.4 Å². The maximum atomic E-state index is 12.2. The highest BCUT2D eigenvalue weighted by Gasteiger charge is 2.15. The van der Waals surface area contributed by atoms with E-state index >= 15 is 0 Å². The van der Waals surface area contributed by atoms with E-state index < -0.39 is 0 Å². The molecule has 5 rings (SSSR count). The van der Waals surface area contributed by atoms with Crippen LogP contribution in [0, 0.1) is 6.92 Å². The van der Waals surface area contributed by atoms with E-state index in [9.17, 15) is 9.90 Å². The number of hydrogen-bond donors (Lipinski definition) is 3. The number of nitrogens with one attached hydrogen (secondary N) is 2. The van der Waals surface area contributed by atoms with Crippen molar-refractivity contribution in [2.45, 2.75) is 41.4 Å². The van der Waals surface area contributed by atoms with Crippen molar-refractivity contribution in [3.05, 3.63) is 90.5 Å². The Hall–Kier alpha value is -3.95. The lowest BCUT2D eigenvalue weighted by Crippen LogP contribution is -2.19. The molecular formula is C30H29N5O2S2. The fraction of sp³-hybridized carbons (Fsp3) is 0.167. The van der Waals surface area contributed by atoms with Gasteiger partial charge in [0.15, 0.2) is 5.75 Å². The molecule has 1 heterocycles. The molecule has 0 saturated heterocycles. The molecule has 0 aliphatic heterocycles. The van der Waals surface area contributed by atoms with E-state index in [4.69, 9.17) is 0 Å². The average molecular weight is 556 g/mol. The molecule has 2 amide bonds. The number of hydrogen-bond acceptors (Lipinski definition) is 6. The molecule has 9 heteroatoms. The number of anilines is 2. The van der Waals surface area contributed by atoms with E-state index in [0.29, 0.717) is 11.4 Å². The van der Waals surface area contributed by atoms with E-state index in [1.165, 1.54) is 4.80 Å². The second kappa shape index (κ2) is 12.3. The summed E-state index contributed by atoms with van der Waals surface area (Å²) >= 11 is 3.26. The standard InChI is InChI=1S/C30H29N5O2S2/c1-3-4-16-38-28-18-20(2)17-27(29(28)36)35-33-25-15-14-24(19-26(25)34-35)39-23-12-10-22(11-13-23)32-30(37)31-21-8-6-5-7-9-21/h5-15,17-19,36H,3-4,16H2,1-2H3,(H2,31,32,37). The smallest absolute Gasteiger partial charge is 0.323 e. The quantitative estimate of drug-likeness (QED) is 0.126. The van der Waals surface area contributed by atoms with Crippen LogP contribution in [0.4, 0.5) is 16.2 Å². The number of aromatic nitrogens is 3. The average Bonchev–Trinajstić information content (AvgIpc) is 3.35. The molecule has 39 heavy (non-hydrogen) atoms. The van der Waals surface area contributed by atoms with Gasteiger partial charge in [-0.1, -0.05) is 43.3 Å². The van der Waals surface area contributed by atoms with Crippen LogP contribution >= 0.6 is 23.5 Å². The van der Waals surface area contributed by atoms with Gasteiger partial charge in [-0.2, -0.15) is 0 Å². The predicted octanol–water partition coefficient (Wildman–Crippen LogP) is 8.12. The van der Waals surface area contributed by atoms with Crippen LogP contribution < -0.4 is 10.6 Å². The van der Waals surface area contributed by atoms with E-state index in [-0.39, 0.29) is 11.8 Å². The minimum atomic E-state index is -0.290. The van der Waals surface area contributed by atoms with E-state index in [1.807, 2.05) is 91.9 Å². The number of phenolic OH excluding ortho intramolecular Hbond substituents is 1. The lowest BCUT2D eigenvalue weighted by molar-refractivity contribution is 0.262. The van der Waals surface area contributed by atoms with Crippen LogP contribution in [0.1, 0.15) is 25.3 Å². The Morgan fingerprint density at radius 2 is 1.56 bits per heavy atom. The summed E-state index contributed by atoms with van der Waals surface area (Å²) in [6, 6.07) is 26.6. The van der Waals surface area contributed by atoms with Crippen molar-refractivity contribution in [3.63, 3.8) is 0 Å². The highest BCUT2D eigenvalue weighted by atomic mass is 32.2. The molecule has 0 aliphatic carbocycles. The topological polar surface area (TPSA) is 92.1 Å². The highest BCUT2D eigenvalue weighted by Crippen LogP contribution is 2.36. The summed E-state index contributed by atoms with van der Waals surface area (Å²) in [5, 5.41) is 25.9. The van der Waals surface area contributed by atoms with Crippen LogP contribution in [-0.2, 0) is 0 Å².